The minimum Gasteiger partial charge on any atom is -0.497 e. The lowest BCUT2D eigenvalue weighted by Crippen LogP contribution is -2.13. The van der Waals surface area contributed by atoms with Gasteiger partial charge in [-0.25, -0.2) is 0 Å². The predicted molar refractivity (Wildman–Crippen MR) is 131 cm³/mol. The molecule has 0 aromatic heterocycles. The van der Waals surface area contributed by atoms with Crippen LogP contribution in [0.1, 0.15) is 26.7 Å². The molecular weight excluding hydrogens is 441 g/mol. The Morgan fingerprint density at radius 1 is 1.03 bits per heavy atom. The molecule has 0 aliphatic heterocycles. The standard InChI is InChI=1S/C25H28NO6P/c1-4-6-15-31-22-16-19(30-3)17-23(33(29)32-5-2)25(22)24-20(18-11-8-7-9-12-18)13-10-14-21(24)26(27)28/h7-14,16-17,29H,4-6,15H2,1-3H3. The molecule has 33 heavy (non-hydrogen) atoms. The number of rotatable bonds is 11. The summed E-state index contributed by atoms with van der Waals surface area (Å²) in [6.45, 7) is 4.55. The summed E-state index contributed by atoms with van der Waals surface area (Å²) in [5.41, 5.74) is 2.22. The molecule has 8 heteroatoms. The largest absolute Gasteiger partial charge is 0.497 e. The van der Waals surface area contributed by atoms with Crippen LogP contribution in [-0.2, 0) is 4.52 Å². The fourth-order valence-electron chi connectivity index (χ4n) is 3.54. The van der Waals surface area contributed by atoms with Gasteiger partial charge in [0, 0.05) is 23.0 Å². The molecule has 0 aliphatic carbocycles. The molecule has 0 fully saturated rings. The summed E-state index contributed by atoms with van der Waals surface area (Å²) in [7, 11) is -0.549. The number of hydrogen-bond donors (Lipinski definition) is 1. The molecule has 7 nitrogen and oxygen atoms in total. The van der Waals surface area contributed by atoms with Gasteiger partial charge in [-0.15, -0.1) is 0 Å². The van der Waals surface area contributed by atoms with E-state index in [9.17, 15) is 15.0 Å². The highest BCUT2D eigenvalue weighted by Crippen LogP contribution is 2.47. The number of nitro benzene ring substituents is 1. The third-order valence-corrected chi connectivity index (χ3v) is 6.35. The number of nitro groups is 1. The van der Waals surface area contributed by atoms with Crippen molar-refractivity contribution in [2.24, 2.45) is 0 Å². The van der Waals surface area contributed by atoms with Gasteiger partial charge in [-0.2, -0.15) is 0 Å². The monoisotopic (exact) mass is 469 g/mol. The van der Waals surface area contributed by atoms with Crippen LogP contribution >= 0.6 is 8.38 Å². The molecule has 1 atom stereocenters. The molecule has 0 heterocycles. The van der Waals surface area contributed by atoms with Gasteiger partial charge in [-0.05, 0) is 30.5 Å². The normalized spacial score (nSPS) is 11.8. The highest BCUT2D eigenvalue weighted by Gasteiger charge is 2.29. The Morgan fingerprint density at radius 2 is 1.79 bits per heavy atom. The van der Waals surface area contributed by atoms with E-state index in [2.05, 4.69) is 6.92 Å². The number of benzene rings is 3. The van der Waals surface area contributed by atoms with E-state index in [1.165, 1.54) is 13.2 Å². The summed E-state index contributed by atoms with van der Waals surface area (Å²) in [5.74, 6) is 0.881. The lowest BCUT2D eigenvalue weighted by molar-refractivity contribution is -0.384. The first kappa shape index (κ1) is 24.6. The maximum absolute atomic E-state index is 12.1. The number of hydrogen-bond acceptors (Lipinski definition) is 6. The molecule has 0 bridgehead atoms. The summed E-state index contributed by atoms with van der Waals surface area (Å²) in [6, 6.07) is 17.8. The van der Waals surface area contributed by atoms with E-state index in [-0.39, 0.29) is 12.3 Å². The van der Waals surface area contributed by atoms with Crippen molar-refractivity contribution in [1.29, 1.82) is 0 Å². The lowest BCUT2D eigenvalue weighted by Gasteiger charge is -2.21. The number of ether oxygens (including phenoxy) is 2. The molecule has 0 radical (unpaired) electrons. The second kappa shape index (κ2) is 11.8. The van der Waals surface area contributed by atoms with Gasteiger partial charge in [0.25, 0.3) is 5.69 Å². The molecule has 3 aromatic carbocycles. The van der Waals surface area contributed by atoms with E-state index in [1.807, 2.05) is 36.4 Å². The van der Waals surface area contributed by atoms with Gasteiger partial charge in [-0.3, -0.25) is 10.1 Å². The molecular formula is C25H28NO6P. The van der Waals surface area contributed by atoms with E-state index in [1.54, 1.807) is 25.1 Å². The van der Waals surface area contributed by atoms with Crippen molar-refractivity contribution in [3.8, 4) is 33.8 Å². The van der Waals surface area contributed by atoms with Crippen LogP contribution in [0.5, 0.6) is 11.5 Å². The van der Waals surface area contributed by atoms with Crippen LogP contribution in [0.25, 0.3) is 22.3 Å². The van der Waals surface area contributed by atoms with Crippen LogP contribution in [0.3, 0.4) is 0 Å². The fraction of sp³-hybridized carbons (Fsp3) is 0.280. The van der Waals surface area contributed by atoms with Crippen LogP contribution in [-0.4, -0.2) is 30.1 Å². The quantitative estimate of drug-likeness (QED) is 0.158. The van der Waals surface area contributed by atoms with Gasteiger partial charge in [0.2, 0.25) is 8.38 Å². The first-order chi connectivity index (χ1) is 16.0. The van der Waals surface area contributed by atoms with Crippen molar-refractivity contribution in [3.05, 3.63) is 70.8 Å². The second-order valence-electron chi connectivity index (χ2n) is 7.24. The van der Waals surface area contributed by atoms with Crippen molar-refractivity contribution >= 4 is 19.4 Å². The Bertz CT molecular complexity index is 1090. The van der Waals surface area contributed by atoms with Crippen LogP contribution in [0.4, 0.5) is 5.69 Å². The van der Waals surface area contributed by atoms with Gasteiger partial charge in [0.05, 0.1) is 30.8 Å². The van der Waals surface area contributed by atoms with Crippen molar-refractivity contribution in [2.75, 3.05) is 20.3 Å². The smallest absolute Gasteiger partial charge is 0.277 e. The molecule has 1 N–H and O–H groups in total. The first-order valence-electron chi connectivity index (χ1n) is 10.8. The van der Waals surface area contributed by atoms with Crippen molar-refractivity contribution in [3.63, 3.8) is 0 Å². The van der Waals surface area contributed by atoms with E-state index in [4.69, 9.17) is 14.0 Å². The molecule has 3 rings (SSSR count). The topological polar surface area (TPSA) is 91.1 Å². The average molecular weight is 469 g/mol. The fourth-order valence-corrected chi connectivity index (χ4v) is 4.58. The minimum absolute atomic E-state index is 0.0805. The number of methoxy groups -OCH3 is 1. The van der Waals surface area contributed by atoms with Crippen molar-refractivity contribution < 1.29 is 23.8 Å². The maximum Gasteiger partial charge on any atom is 0.277 e. The predicted octanol–water partition coefficient (Wildman–Crippen LogP) is 6.08. The zero-order valence-corrected chi connectivity index (χ0v) is 19.9. The first-order valence-corrected chi connectivity index (χ1v) is 12.0. The van der Waals surface area contributed by atoms with E-state index < -0.39 is 13.3 Å². The van der Waals surface area contributed by atoms with Crippen molar-refractivity contribution in [2.45, 2.75) is 26.7 Å². The molecule has 3 aromatic rings. The molecule has 0 saturated carbocycles. The Hall–Kier alpha value is -2.99. The Labute approximate surface area is 195 Å². The highest BCUT2D eigenvalue weighted by atomic mass is 31.2. The van der Waals surface area contributed by atoms with Crippen molar-refractivity contribution in [1.82, 2.24) is 0 Å². The van der Waals surface area contributed by atoms with Crippen LogP contribution in [0, 0.1) is 10.1 Å². The van der Waals surface area contributed by atoms with Gasteiger partial charge in [0.15, 0.2) is 0 Å². The molecule has 0 spiro atoms. The zero-order valence-electron chi connectivity index (χ0n) is 19.0. The molecule has 0 saturated heterocycles. The van der Waals surface area contributed by atoms with Gasteiger partial charge >= 0.3 is 0 Å². The zero-order chi connectivity index (χ0) is 23.8. The second-order valence-corrected chi connectivity index (χ2v) is 8.52. The van der Waals surface area contributed by atoms with Gasteiger partial charge in [-0.1, -0.05) is 55.8 Å². The van der Waals surface area contributed by atoms with E-state index in [0.29, 0.717) is 40.1 Å². The summed E-state index contributed by atoms with van der Waals surface area (Å²) in [5, 5.41) is 12.5. The molecule has 0 amide bonds. The van der Waals surface area contributed by atoms with Crippen LogP contribution in [0.2, 0.25) is 0 Å². The van der Waals surface area contributed by atoms with Crippen LogP contribution in [0.15, 0.2) is 60.7 Å². The SMILES string of the molecule is CCCCOc1cc(OC)cc(P(O)OCC)c1-c1c(-c2ccccc2)cccc1[N+](=O)[O-]. The summed E-state index contributed by atoms with van der Waals surface area (Å²) in [6.07, 6.45) is 1.74. The Morgan fingerprint density at radius 3 is 2.42 bits per heavy atom. The Kier molecular flexibility index (Phi) is 8.78. The Balaban J connectivity index is 2.39. The lowest BCUT2D eigenvalue weighted by atomic mass is 9.92. The minimum atomic E-state index is -2.07. The number of nitrogens with zero attached hydrogens (tertiary/aromatic N) is 1. The third-order valence-electron chi connectivity index (χ3n) is 5.08. The summed E-state index contributed by atoms with van der Waals surface area (Å²) < 4.78 is 17.1. The van der Waals surface area contributed by atoms with Crippen LogP contribution < -0.4 is 14.8 Å². The molecule has 0 aliphatic rings. The maximum atomic E-state index is 12.1. The number of unbranched alkanes of at least 4 members (excludes halogenated alkanes) is 1. The van der Waals surface area contributed by atoms with E-state index >= 15 is 0 Å². The summed E-state index contributed by atoms with van der Waals surface area (Å²) in [4.78, 5) is 22.7. The molecule has 174 valence electrons. The highest BCUT2D eigenvalue weighted by molar-refractivity contribution is 7.55. The van der Waals surface area contributed by atoms with E-state index in [0.717, 1.165) is 18.4 Å². The average Bonchev–Trinajstić information content (AvgIpc) is 2.84. The summed E-state index contributed by atoms with van der Waals surface area (Å²) >= 11 is 0. The third kappa shape index (κ3) is 5.69. The van der Waals surface area contributed by atoms with Gasteiger partial charge in [0.1, 0.15) is 11.5 Å². The molecule has 1 unspecified atom stereocenters. The van der Waals surface area contributed by atoms with Gasteiger partial charge < -0.3 is 18.9 Å².